The first kappa shape index (κ1) is 16.0. The monoisotopic (exact) mass is 347 g/mol. The Kier molecular flexibility index (Phi) is 3.96. The molecule has 0 spiro atoms. The van der Waals surface area contributed by atoms with Crippen molar-refractivity contribution in [2.45, 2.75) is 20.0 Å². The lowest BCUT2D eigenvalue weighted by molar-refractivity contribution is 0.0950. The molecule has 0 atom stereocenters. The van der Waals surface area contributed by atoms with Crippen LogP contribution in [-0.2, 0) is 13.1 Å². The van der Waals surface area contributed by atoms with E-state index in [9.17, 15) is 9.59 Å². The van der Waals surface area contributed by atoms with Crippen molar-refractivity contribution in [3.05, 3.63) is 65.1 Å². The predicted octanol–water partition coefficient (Wildman–Crippen LogP) is 2.50. The molecule has 3 aromatic rings. The molecule has 0 unspecified atom stereocenters. The van der Waals surface area contributed by atoms with E-state index in [1.807, 2.05) is 37.3 Å². The minimum absolute atomic E-state index is 0.232. The Morgan fingerprint density at radius 2 is 2.04 bits per heavy atom. The maximum absolute atomic E-state index is 12.4. The number of para-hydroxylation sites is 1. The van der Waals surface area contributed by atoms with Crippen LogP contribution in [0, 0.1) is 6.92 Å². The fourth-order valence-electron chi connectivity index (χ4n) is 2.97. The zero-order valence-corrected chi connectivity index (χ0v) is 14.2. The Morgan fingerprint density at radius 1 is 1.19 bits per heavy atom. The van der Waals surface area contributed by atoms with Crippen LogP contribution in [0.1, 0.15) is 27.4 Å². The van der Waals surface area contributed by atoms with Crippen LogP contribution in [0.4, 0.5) is 10.5 Å². The minimum atomic E-state index is -0.268. The maximum Gasteiger partial charge on any atom is 0.319 e. The van der Waals surface area contributed by atoms with Gasteiger partial charge in [-0.1, -0.05) is 24.3 Å². The molecule has 130 valence electrons. The van der Waals surface area contributed by atoms with Crippen molar-refractivity contribution >= 4 is 28.5 Å². The molecule has 7 heteroatoms. The first-order valence-electron chi connectivity index (χ1n) is 8.28. The first-order chi connectivity index (χ1) is 12.6. The molecule has 1 aliphatic heterocycles. The van der Waals surface area contributed by atoms with Crippen LogP contribution in [0.2, 0.25) is 0 Å². The van der Waals surface area contributed by atoms with Gasteiger partial charge in [-0.3, -0.25) is 4.79 Å². The van der Waals surface area contributed by atoms with E-state index in [1.165, 1.54) is 0 Å². The van der Waals surface area contributed by atoms with Gasteiger partial charge in [0.1, 0.15) is 5.82 Å². The second-order valence-corrected chi connectivity index (χ2v) is 6.10. The molecule has 2 heterocycles. The standard InChI is InChI=1S/C19H17N5O2/c1-11-14-4-2-3-5-15(14)23-17(22-11)10-20-18(25)12-6-7-13-9-21-19(26)24-16(13)8-12/h2-8H,9-10H2,1H3,(H,20,25)(H2,21,24,26). The lowest BCUT2D eigenvalue weighted by atomic mass is 10.1. The quantitative estimate of drug-likeness (QED) is 0.678. The highest BCUT2D eigenvalue weighted by Gasteiger charge is 2.16. The molecule has 3 amide bonds. The third kappa shape index (κ3) is 3.06. The van der Waals surface area contributed by atoms with Gasteiger partial charge in [0.15, 0.2) is 0 Å². The molecule has 1 aliphatic rings. The number of nitrogens with one attached hydrogen (secondary N) is 3. The van der Waals surface area contributed by atoms with Crippen LogP contribution in [0.25, 0.3) is 10.9 Å². The number of hydrogen-bond donors (Lipinski definition) is 3. The number of amides is 3. The normalized spacial score (nSPS) is 12.9. The third-order valence-corrected chi connectivity index (χ3v) is 4.31. The smallest absolute Gasteiger partial charge is 0.319 e. The lowest BCUT2D eigenvalue weighted by Crippen LogP contribution is -2.33. The summed E-state index contributed by atoms with van der Waals surface area (Å²) in [7, 11) is 0. The fourth-order valence-corrected chi connectivity index (χ4v) is 2.97. The molecule has 4 rings (SSSR count). The highest BCUT2D eigenvalue weighted by molar-refractivity contribution is 5.98. The number of anilines is 1. The summed E-state index contributed by atoms with van der Waals surface area (Å²) in [5.74, 6) is 0.319. The van der Waals surface area contributed by atoms with E-state index in [4.69, 9.17) is 0 Å². The SMILES string of the molecule is Cc1nc(CNC(=O)c2ccc3c(c2)NC(=O)NC3)nc2ccccc12. The number of aromatic nitrogens is 2. The molecule has 2 aromatic carbocycles. The van der Waals surface area contributed by atoms with E-state index >= 15 is 0 Å². The van der Waals surface area contributed by atoms with Crippen LogP contribution >= 0.6 is 0 Å². The van der Waals surface area contributed by atoms with Crippen molar-refractivity contribution in [2.75, 3.05) is 5.32 Å². The average molecular weight is 347 g/mol. The molecule has 0 radical (unpaired) electrons. The summed E-state index contributed by atoms with van der Waals surface area (Å²) in [5, 5.41) is 9.22. The molecule has 0 bridgehead atoms. The summed E-state index contributed by atoms with van der Waals surface area (Å²) >= 11 is 0. The fraction of sp³-hybridized carbons (Fsp3) is 0.158. The largest absolute Gasteiger partial charge is 0.345 e. The summed E-state index contributed by atoms with van der Waals surface area (Å²) in [6, 6.07) is 12.7. The molecule has 0 aliphatic carbocycles. The minimum Gasteiger partial charge on any atom is -0.345 e. The Hall–Kier alpha value is -3.48. The van der Waals surface area contributed by atoms with E-state index < -0.39 is 0 Å². The second-order valence-electron chi connectivity index (χ2n) is 6.10. The third-order valence-electron chi connectivity index (χ3n) is 4.31. The number of nitrogens with zero attached hydrogens (tertiary/aromatic N) is 2. The molecule has 26 heavy (non-hydrogen) atoms. The zero-order chi connectivity index (χ0) is 18.1. The van der Waals surface area contributed by atoms with E-state index in [0.29, 0.717) is 23.6 Å². The Bertz CT molecular complexity index is 1030. The van der Waals surface area contributed by atoms with Crippen LogP contribution < -0.4 is 16.0 Å². The zero-order valence-electron chi connectivity index (χ0n) is 14.2. The number of fused-ring (bicyclic) bond motifs is 2. The van der Waals surface area contributed by atoms with Crippen LogP contribution in [0.15, 0.2) is 42.5 Å². The summed E-state index contributed by atoms with van der Waals surface area (Å²) in [4.78, 5) is 32.8. The van der Waals surface area contributed by atoms with Gasteiger partial charge in [-0.05, 0) is 30.7 Å². The van der Waals surface area contributed by atoms with Gasteiger partial charge in [0.2, 0.25) is 0 Å². The average Bonchev–Trinajstić information content (AvgIpc) is 2.65. The van der Waals surface area contributed by atoms with Crippen molar-refractivity contribution in [3.63, 3.8) is 0 Å². The van der Waals surface area contributed by atoms with Crippen LogP contribution in [0.5, 0.6) is 0 Å². The van der Waals surface area contributed by atoms with Crippen molar-refractivity contribution in [1.29, 1.82) is 0 Å². The molecular formula is C19H17N5O2. The van der Waals surface area contributed by atoms with Gasteiger partial charge >= 0.3 is 6.03 Å². The molecule has 0 fully saturated rings. The van der Waals surface area contributed by atoms with Gasteiger partial charge < -0.3 is 16.0 Å². The van der Waals surface area contributed by atoms with Crippen molar-refractivity contribution < 1.29 is 9.59 Å². The van der Waals surface area contributed by atoms with Gasteiger partial charge in [-0.25, -0.2) is 14.8 Å². The molecule has 0 saturated carbocycles. The van der Waals surface area contributed by atoms with Crippen molar-refractivity contribution in [1.82, 2.24) is 20.6 Å². The number of benzene rings is 2. The Morgan fingerprint density at radius 3 is 2.92 bits per heavy atom. The van der Waals surface area contributed by atoms with Gasteiger partial charge in [0, 0.05) is 28.9 Å². The van der Waals surface area contributed by atoms with Gasteiger partial charge in [0.25, 0.3) is 5.91 Å². The second kappa shape index (κ2) is 6.44. The number of aryl methyl sites for hydroxylation is 1. The van der Waals surface area contributed by atoms with Crippen LogP contribution in [0.3, 0.4) is 0 Å². The number of rotatable bonds is 3. The molecule has 3 N–H and O–H groups in total. The predicted molar refractivity (Wildman–Crippen MR) is 97.7 cm³/mol. The Balaban J connectivity index is 1.51. The summed E-state index contributed by atoms with van der Waals surface area (Å²) < 4.78 is 0. The van der Waals surface area contributed by atoms with Gasteiger partial charge in [-0.2, -0.15) is 0 Å². The Labute approximate surface area is 149 Å². The van der Waals surface area contributed by atoms with Crippen LogP contribution in [-0.4, -0.2) is 21.9 Å². The van der Waals surface area contributed by atoms with E-state index in [2.05, 4.69) is 25.9 Å². The number of hydrogen-bond acceptors (Lipinski definition) is 4. The molecular weight excluding hydrogens is 330 g/mol. The maximum atomic E-state index is 12.4. The number of urea groups is 1. The van der Waals surface area contributed by atoms with E-state index in [1.54, 1.807) is 12.1 Å². The summed E-state index contributed by atoms with van der Waals surface area (Å²) in [6.45, 7) is 2.61. The van der Waals surface area contributed by atoms with Gasteiger partial charge in [0.05, 0.1) is 12.1 Å². The molecule has 0 saturated heterocycles. The van der Waals surface area contributed by atoms with E-state index in [-0.39, 0.29) is 18.5 Å². The number of carbonyl (C=O) groups excluding carboxylic acids is 2. The molecule has 7 nitrogen and oxygen atoms in total. The summed E-state index contributed by atoms with van der Waals surface area (Å²) in [5.41, 5.74) is 3.80. The highest BCUT2D eigenvalue weighted by Crippen LogP contribution is 2.20. The topological polar surface area (TPSA) is 96.0 Å². The highest BCUT2D eigenvalue weighted by atomic mass is 16.2. The van der Waals surface area contributed by atoms with Crippen molar-refractivity contribution in [2.24, 2.45) is 0 Å². The lowest BCUT2D eigenvalue weighted by Gasteiger charge is -2.18. The van der Waals surface area contributed by atoms with Gasteiger partial charge in [-0.15, -0.1) is 0 Å². The van der Waals surface area contributed by atoms with Crippen molar-refractivity contribution in [3.8, 4) is 0 Å². The summed E-state index contributed by atoms with van der Waals surface area (Å²) in [6.07, 6.45) is 0. The van der Waals surface area contributed by atoms with E-state index in [0.717, 1.165) is 22.2 Å². The number of carbonyl (C=O) groups is 2. The molecule has 1 aromatic heterocycles. The first-order valence-corrected chi connectivity index (χ1v) is 8.28.